The first-order valence-corrected chi connectivity index (χ1v) is 1.54. The predicted molar refractivity (Wildman–Crippen MR) is 21.0 cm³/mol. The molecule has 39 valence electrons. The van der Waals surface area contributed by atoms with Gasteiger partial charge < -0.3 is 7.85 Å². The molecule has 0 aromatic heterocycles. The Bertz CT molecular complexity index is 84.2. The van der Waals surface area contributed by atoms with Gasteiger partial charge in [0.25, 0.3) is 0 Å². The molecule has 0 aliphatic heterocycles. The topological polar surface area (TPSA) is 0 Å². The molecule has 3 radical (unpaired) electrons. The summed E-state index contributed by atoms with van der Waals surface area (Å²) in [6.07, 6.45) is -2.14. The number of alkyl halides is 1. The van der Waals surface area contributed by atoms with E-state index in [1.54, 1.807) is 0 Å². The van der Waals surface area contributed by atoms with Crippen molar-refractivity contribution >= 4 is 7.85 Å². The summed E-state index contributed by atoms with van der Waals surface area (Å²) in [7, 11) is 4.37. The van der Waals surface area contributed by atoms with E-state index in [9.17, 15) is 13.2 Å². The van der Waals surface area contributed by atoms with Gasteiger partial charge in [0.15, 0.2) is 0 Å². The zero-order valence-electron chi connectivity index (χ0n) is 3.42. The first-order chi connectivity index (χ1) is 3.18. The van der Waals surface area contributed by atoms with Gasteiger partial charge in [0.05, 0.1) is 6.67 Å². The summed E-state index contributed by atoms with van der Waals surface area (Å²) in [5, 5.41) is 0. The molecule has 0 aromatic carbocycles. The summed E-state index contributed by atoms with van der Waals surface area (Å²) in [4.78, 5) is 0. The molecule has 0 fully saturated rings. The van der Waals surface area contributed by atoms with E-state index in [4.69, 9.17) is 0 Å². The number of hydrogen-bond acceptors (Lipinski definition) is 0. The lowest BCUT2D eigenvalue weighted by molar-refractivity contribution is 0.405. The molecule has 0 saturated heterocycles. The number of rotatable bonds is 1. The highest BCUT2D eigenvalue weighted by Gasteiger charge is 1.82. The van der Waals surface area contributed by atoms with Gasteiger partial charge in [-0.15, -0.1) is 0 Å². The maximum absolute atomic E-state index is 11.0. The maximum atomic E-state index is 11.0. The summed E-state index contributed by atoms with van der Waals surface area (Å²) >= 11 is 0. The highest BCUT2D eigenvalue weighted by molar-refractivity contribution is 6.21. The van der Waals surface area contributed by atoms with Crippen molar-refractivity contribution < 1.29 is 13.2 Å². The molecule has 0 N–H and O–H groups in total. The average molecular weight is 106 g/mol. The minimum atomic E-state index is -2.14. The monoisotopic (exact) mass is 106 g/mol. The molecular formula is C3H2BF3-. The minimum absolute atomic E-state index is 0.986. The average Bonchev–Trinajstić information content (AvgIpc) is 1.65. The lowest BCUT2D eigenvalue weighted by atomic mass is 9.99. The van der Waals surface area contributed by atoms with Gasteiger partial charge in [0, 0.05) is 0 Å². The largest absolute Gasteiger partial charge is 0.576 e. The first kappa shape index (κ1) is 6.59. The highest BCUT2D eigenvalue weighted by Crippen LogP contribution is 2.02. The van der Waals surface area contributed by atoms with Crippen LogP contribution in [0.1, 0.15) is 0 Å². The van der Waals surface area contributed by atoms with E-state index in [0.29, 0.717) is 0 Å². The maximum Gasteiger partial charge on any atom is 0.225 e. The van der Waals surface area contributed by atoms with Crippen LogP contribution >= 0.6 is 0 Å². The smallest absolute Gasteiger partial charge is 0.225 e. The quantitative estimate of drug-likeness (QED) is 0.441. The van der Waals surface area contributed by atoms with Gasteiger partial charge >= 0.3 is 0 Å². The van der Waals surface area contributed by atoms with Crippen molar-refractivity contribution in [2.24, 2.45) is 0 Å². The molecule has 0 bridgehead atoms. The molecule has 0 atom stereocenters. The lowest BCUT2D eigenvalue weighted by Gasteiger charge is -2.02. The third-order valence-corrected chi connectivity index (χ3v) is 0.387. The normalized spacial score (nSPS) is 8.57. The van der Waals surface area contributed by atoms with Crippen molar-refractivity contribution in [3.05, 3.63) is 11.6 Å². The molecular weight excluding hydrogens is 104 g/mol. The van der Waals surface area contributed by atoms with Crippen LogP contribution in [-0.4, -0.2) is 14.5 Å². The summed E-state index contributed by atoms with van der Waals surface area (Å²) in [5.74, 6) is 0. The second-order valence-corrected chi connectivity index (χ2v) is 0.919. The summed E-state index contributed by atoms with van der Waals surface area (Å²) in [5.41, 5.74) is -0.986. The second-order valence-electron chi connectivity index (χ2n) is 0.919. The summed E-state index contributed by atoms with van der Waals surface area (Å²) in [6, 6.07) is 0. The second kappa shape index (κ2) is 2.72. The Kier molecular flexibility index (Phi) is 2.56. The zero-order valence-corrected chi connectivity index (χ0v) is 3.42. The van der Waals surface area contributed by atoms with Gasteiger partial charge in [-0.1, -0.05) is 0 Å². The van der Waals surface area contributed by atoms with E-state index in [1.807, 2.05) is 0 Å². The van der Waals surface area contributed by atoms with E-state index in [1.165, 1.54) is 0 Å². The molecule has 0 aliphatic rings. The van der Waals surface area contributed by atoms with E-state index in [-0.39, 0.29) is 0 Å². The molecule has 0 unspecified atom stereocenters. The standard InChI is InChI=1S/C3H2BF3/c4-2(1-5)3(6)7/h1H2/q-1. The Balaban J connectivity index is 3.72. The fourth-order valence-corrected chi connectivity index (χ4v) is 0.0505. The predicted octanol–water partition coefficient (Wildman–Crippen LogP) is 1.23. The third kappa shape index (κ3) is 2.31. The molecule has 0 nitrogen and oxygen atoms in total. The molecule has 0 heterocycles. The molecule has 0 aliphatic carbocycles. The van der Waals surface area contributed by atoms with Gasteiger partial charge in [-0.2, -0.15) is 8.78 Å². The van der Waals surface area contributed by atoms with E-state index >= 15 is 0 Å². The Hall–Kier alpha value is -0.405. The van der Waals surface area contributed by atoms with Crippen LogP contribution in [0.15, 0.2) is 11.6 Å². The van der Waals surface area contributed by atoms with Crippen molar-refractivity contribution in [3.8, 4) is 0 Å². The van der Waals surface area contributed by atoms with Crippen LogP contribution in [-0.2, 0) is 0 Å². The van der Waals surface area contributed by atoms with Crippen LogP contribution < -0.4 is 0 Å². The third-order valence-electron chi connectivity index (χ3n) is 0.387. The molecule has 0 amide bonds. The Morgan fingerprint density at radius 1 is 1.43 bits per heavy atom. The summed E-state index contributed by atoms with van der Waals surface area (Å²) < 4.78 is 32.9. The van der Waals surface area contributed by atoms with Crippen molar-refractivity contribution in [2.45, 2.75) is 0 Å². The zero-order chi connectivity index (χ0) is 5.86. The minimum Gasteiger partial charge on any atom is -0.576 e. The number of hydrogen-bond donors (Lipinski definition) is 0. The Labute approximate surface area is 40.4 Å². The molecule has 0 spiro atoms. The molecule has 0 rings (SSSR count). The highest BCUT2D eigenvalue weighted by atomic mass is 19.3. The van der Waals surface area contributed by atoms with Gasteiger partial charge in [-0.3, -0.25) is 4.39 Å². The van der Waals surface area contributed by atoms with Crippen LogP contribution in [0.2, 0.25) is 0 Å². The number of allylic oxidation sites excluding steroid dienone is 1. The first-order valence-electron chi connectivity index (χ1n) is 1.54. The molecule has 4 heteroatoms. The molecule has 0 aromatic rings. The van der Waals surface area contributed by atoms with Crippen LogP contribution in [0.5, 0.6) is 0 Å². The van der Waals surface area contributed by atoms with Crippen molar-refractivity contribution in [3.63, 3.8) is 0 Å². The van der Waals surface area contributed by atoms with Gasteiger partial charge in [-0.05, 0) is 0 Å². The Morgan fingerprint density at radius 3 is 1.86 bits per heavy atom. The van der Waals surface area contributed by atoms with Crippen LogP contribution in [0.3, 0.4) is 0 Å². The van der Waals surface area contributed by atoms with Crippen LogP contribution in [0, 0.1) is 0 Å². The van der Waals surface area contributed by atoms with E-state index < -0.39 is 18.2 Å². The van der Waals surface area contributed by atoms with Crippen LogP contribution in [0.4, 0.5) is 13.2 Å². The van der Waals surface area contributed by atoms with Gasteiger partial charge in [0.2, 0.25) is 6.08 Å². The van der Waals surface area contributed by atoms with Crippen molar-refractivity contribution in [1.82, 2.24) is 0 Å². The van der Waals surface area contributed by atoms with Crippen molar-refractivity contribution in [1.29, 1.82) is 0 Å². The van der Waals surface area contributed by atoms with Gasteiger partial charge in [0.1, 0.15) is 0 Å². The summed E-state index contributed by atoms with van der Waals surface area (Å²) in [6.45, 7) is -1.28. The van der Waals surface area contributed by atoms with E-state index in [2.05, 4.69) is 7.85 Å². The van der Waals surface area contributed by atoms with Crippen molar-refractivity contribution in [2.75, 3.05) is 6.67 Å². The number of halogens is 3. The lowest BCUT2D eigenvalue weighted by Crippen LogP contribution is -1.83. The van der Waals surface area contributed by atoms with Gasteiger partial charge in [-0.25, -0.2) is 5.47 Å². The fourth-order valence-electron chi connectivity index (χ4n) is 0.0505. The Morgan fingerprint density at radius 2 is 1.86 bits per heavy atom. The van der Waals surface area contributed by atoms with E-state index in [0.717, 1.165) is 0 Å². The SMILES string of the molecule is [B-]C(CF)=C(F)F. The molecule has 0 saturated carbocycles. The van der Waals surface area contributed by atoms with Crippen LogP contribution in [0.25, 0.3) is 0 Å². The molecule has 7 heavy (non-hydrogen) atoms. The fraction of sp³-hybridized carbons (Fsp3) is 0.333.